The first-order valence-electron chi connectivity index (χ1n) is 10.3. The fraction of sp³-hybridized carbons (Fsp3) is 0.200. The van der Waals surface area contributed by atoms with Crippen LogP contribution in [0, 0.1) is 22.0 Å². The standard InChI is InChI=1S/C25H18N2O4/c1-25-16-10-4-2-8-14(16)20(15-9-3-5-11-17(15)25)21-22(25)24(29)26(23(21)28)18-12-6-7-13-19(18)27(30)31/h2-13,20-22H,1H3/t20?,21-,22?,25?/m0/s1. The summed E-state index contributed by atoms with van der Waals surface area (Å²) >= 11 is 0. The van der Waals surface area contributed by atoms with Crippen molar-refractivity contribution in [3.05, 3.63) is 105 Å². The maximum atomic E-state index is 13.8. The Morgan fingerprint density at radius 2 is 1.39 bits per heavy atom. The highest BCUT2D eigenvalue weighted by Gasteiger charge is 2.66. The van der Waals surface area contributed by atoms with E-state index in [-0.39, 0.29) is 29.1 Å². The summed E-state index contributed by atoms with van der Waals surface area (Å²) in [5.41, 5.74) is 3.38. The lowest BCUT2D eigenvalue weighted by Crippen LogP contribution is -2.51. The van der Waals surface area contributed by atoms with Gasteiger partial charge in [-0.3, -0.25) is 19.7 Å². The van der Waals surface area contributed by atoms with Crippen molar-refractivity contribution in [1.29, 1.82) is 0 Å². The number of nitro groups is 1. The summed E-state index contributed by atoms with van der Waals surface area (Å²) in [5, 5.41) is 11.6. The summed E-state index contributed by atoms with van der Waals surface area (Å²) in [4.78, 5) is 39.7. The summed E-state index contributed by atoms with van der Waals surface area (Å²) in [5.74, 6) is -2.15. The second kappa shape index (κ2) is 5.88. The third kappa shape index (κ3) is 2.02. The number of hydrogen-bond acceptors (Lipinski definition) is 4. The minimum Gasteiger partial charge on any atom is -0.274 e. The molecule has 0 spiro atoms. The number of hydrogen-bond donors (Lipinski definition) is 0. The van der Waals surface area contributed by atoms with Crippen LogP contribution in [0.3, 0.4) is 0 Å². The number of imide groups is 1. The second-order valence-electron chi connectivity index (χ2n) is 8.62. The smallest absolute Gasteiger partial charge is 0.274 e. The molecule has 3 aromatic carbocycles. The van der Waals surface area contributed by atoms with Gasteiger partial charge in [-0.2, -0.15) is 0 Å². The molecule has 1 saturated heterocycles. The van der Waals surface area contributed by atoms with Gasteiger partial charge in [0, 0.05) is 17.4 Å². The van der Waals surface area contributed by atoms with Gasteiger partial charge < -0.3 is 0 Å². The maximum absolute atomic E-state index is 13.8. The summed E-state index contributed by atoms with van der Waals surface area (Å²) in [6.07, 6.45) is 0. The van der Waals surface area contributed by atoms with Crippen molar-refractivity contribution in [3.8, 4) is 0 Å². The van der Waals surface area contributed by atoms with E-state index in [0.29, 0.717) is 0 Å². The van der Waals surface area contributed by atoms with E-state index in [4.69, 9.17) is 0 Å². The summed E-state index contributed by atoms with van der Waals surface area (Å²) in [7, 11) is 0. The normalized spacial score (nSPS) is 27.6. The molecule has 6 nitrogen and oxygen atoms in total. The molecule has 3 aromatic rings. The molecule has 1 heterocycles. The quantitative estimate of drug-likeness (QED) is 0.361. The third-order valence-corrected chi connectivity index (χ3v) is 7.36. The number of carbonyl (C=O) groups excluding carboxylic acids is 2. The molecular formula is C25H18N2O4. The van der Waals surface area contributed by atoms with Crippen LogP contribution < -0.4 is 4.90 Å². The lowest BCUT2D eigenvalue weighted by molar-refractivity contribution is -0.384. The molecule has 0 aromatic heterocycles. The average molecular weight is 410 g/mol. The number of nitro benzene ring substituents is 1. The Balaban J connectivity index is 1.62. The van der Waals surface area contributed by atoms with Gasteiger partial charge in [-0.1, -0.05) is 67.6 Å². The fourth-order valence-corrected chi connectivity index (χ4v) is 6.20. The number of anilines is 1. The van der Waals surface area contributed by atoms with Crippen molar-refractivity contribution in [2.75, 3.05) is 4.90 Å². The van der Waals surface area contributed by atoms with E-state index in [9.17, 15) is 19.7 Å². The van der Waals surface area contributed by atoms with Gasteiger partial charge in [0.2, 0.25) is 11.8 Å². The highest BCUT2D eigenvalue weighted by atomic mass is 16.6. The Morgan fingerprint density at radius 1 is 0.839 bits per heavy atom. The van der Waals surface area contributed by atoms with Crippen LogP contribution in [0.1, 0.15) is 35.1 Å². The van der Waals surface area contributed by atoms with E-state index < -0.39 is 22.2 Å². The number of nitrogens with zero attached hydrogens (tertiary/aromatic N) is 2. The van der Waals surface area contributed by atoms with E-state index in [1.165, 1.54) is 18.2 Å². The van der Waals surface area contributed by atoms with Crippen molar-refractivity contribution in [1.82, 2.24) is 0 Å². The Labute approximate surface area is 178 Å². The molecule has 1 aliphatic heterocycles. The average Bonchev–Trinajstić information content (AvgIpc) is 3.05. The first-order chi connectivity index (χ1) is 15.0. The Bertz CT molecular complexity index is 1270. The van der Waals surface area contributed by atoms with Gasteiger partial charge >= 0.3 is 0 Å². The summed E-state index contributed by atoms with van der Waals surface area (Å²) in [6, 6.07) is 22.0. The van der Waals surface area contributed by atoms with Gasteiger partial charge in [-0.25, -0.2) is 4.90 Å². The number of amides is 2. The molecular weight excluding hydrogens is 392 g/mol. The van der Waals surface area contributed by atoms with Crippen LogP contribution >= 0.6 is 0 Å². The topological polar surface area (TPSA) is 80.5 Å². The predicted octanol–water partition coefficient (Wildman–Crippen LogP) is 4.17. The molecule has 2 amide bonds. The van der Waals surface area contributed by atoms with Crippen LogP contribution in [0.4, 0.5) is 11.4 Å². The number of carbonyl (C=O) groups is 2. The molecule has 7 rings (SSSR count). The van der Waals surface area contributed by atoms with Gasteiger partial charge in [0.25, 0.3) is 5.69 Å². The van der Waals surface area contributed by atoms with Gasteiger partial charge in [0.05, 0.1) is 16.8 Å². The highest BCUT2D eigenvalue weighted by Crippen LogP contribution is 2.64. The minimum atomic E-state index is -0.683. The van der Waals surface area contributed by atoms with Crippen LogP contribution in [0.15, 0.2) is 72.8 Å². The fourth-order valence-electron chi connectivity index (χ4n) is 6.20. The largest absolute Gasteiger partial charge is 0.293 e. The number of benzene rings is 3. The van der Waals surface area contributed by atoms with Crippen molar-refractivity contribution in [3.63, 3.8) is 0 Å². The molecule has 1 unspecified atom stereocenters. The molecule has 31 heavy (non-hydrogen) atoms. The molecule has 2 bridgehead atoms. The molecule has 1 fully saturated rings. The van der Waals surface area contributed by atoms with Crippen LogP contribution in [0.2, 0.25) is 0 Å². The van der Waals surface area contributed by atoms with E-state index >= 15 is 0 Å². The van der Waals surface area contributed by atoms with Crippen LogP contribution in [0.25, 0.3) is 0 Å². The van der Waals surface area contributed by atoms with Gasteiger partial charge in [-0.05, 0) is 28.3 Å². The van der Waals surface area contributed by atoms with Gasteiger partial charge in [0.15, 0.2) is 0 Å². The Hall–Kier alpha value is -3.80. The SMILES string of the molecule is CC12c3ccccc3C(c3ccccc31)[C@@H]1C(=O)N(c3ccccc3[N+](=O)[O-])C(=O)C12. The number of rotatable bonds is 2. The highest BCUT2D eigenvalue weighted by molar-refractivity contribution is 6.24. The predicted molar refractivity (Wildman–Crippen MR) is 114 cm³/mol. The first kappa shape index (κ1) is 18.0. The zero-order valence-electron chi connectivity index (χ0n) is 16.7. The van der Waals surface area contributed by atoms with Crippen LogP contribution in [-0.2, 0) is 15.0 Å². The Kier molecular flexibility index (Phi) is 3.41. The molecule has 0 radical (unpaired) electrons. The molecule has 0 saturated carbocycles. The maximum Gasteiger partial charge on any atom is 0.293 e. The summed E-state index contributed by atoms with van der Waals surface area (Å²) < 4.78 is 0. The monoisotopic (exact) mass is 410 g/mol. The van der Waals surface area contributed by atoms with E-state index in [2.05, 4.69) is 0 Å². The second-order valence-corrected chi connectivity index (χ2v) is 8.62. The third-order valence-electron chi connectivity index (χ3n) is 7.36. The van der Waals surface area contributed by atoms with E-state index in [0.717, 1.165) is 27.2 Å². The van der Waals surface area contributed by atoms with Crippen molar-refractivity contribution < 1.29 is 14.5 Å². The van der Waals surface area contributed by atoms with Crippen LogP contribution in [-0.4, -0.2) is 16.7 Å². The Morgan fingerprint density at radius 3 is 2.00 bits per heavy atom. The summed E-state index contributed by atoms with van der Waals surface area (Å²) in [6.45, 7) is 2.03. The lowest BCUT2D eigenvalue weighted by atomic mass is 9.48. The van der Waals surface area contributed by atoms with E-state index in [1.54, 1.807) is 6.07 Å². The lowest BCUT2D eigenvalue weighted by Gasteiger charge is -2.52. The van der Waals surface area contributed by atoms with Crippen LogP contribution in [0.5, 0.6) is 0 Å². The number of para-hydroxylation sites is 2. The van der Waals surface area contributed by atoms with Gasteiger partial charge in [0.1, 0.15) is 5.69 Å². The molecule has 3 aliphatic carbocycles. The minimum absolute atomic E-state index is 0.0491. The van der Waals surface area contributed by atoms with Crippen molar-refractivity contribution >= 4 is 23.2 Å². The first-order valence-corrected chi connectivity index (χ1v) is 10.3. The van der Waals surface area contributed by atoms with Gasteiger partial charge in [-0.15, -0.1) is 0 Å². The molecule has 4 aliphatic rings. The zero-order chi connectivity index (χ0) is 21.5. The molecule has 6 heteroatoms. The molecule has 0 N–H and O–H groups in total. The van der Waals surface area contributed by atoms with Crippen molar-refractivity contribution in [2.45, 2.75) is 18.3 Å². The van der Waals surface area contributed by atoms with Crippen molar-refractivity contribution in [2.24, 2.45) is 11.8 Å². The van der Waals surface area contributed by atoms with E-state index in [1.807, 2.05) is 55.5 Å². The molecule has 2 atom stereocenters. The zero-order valence-corrected chi connectivity index (χ0v) is 16.7. The molecule has 152 valence electrons.